The predicted octanol–water partition coefficient (Wildman–Crippen LogP) is 2.70. The van der Waals surface area contributed by atoms with E-state index in [1.807, 2.05) is 66.7 Å². The number of carboxylic acids is 1. The maximum atomic E-state index is 14.8. The number of alkyl carbamates (subject to hydrolysis) is 1. The molecular formula is C54H69N11O12S2. The summed E-state index contributed by atoms with van der Waals surface area (Å²) >= 11 is 0. The highest BCUT2D eigenvalue weighted by Gasteiger charge is 2.40. The fraction of sp³-hybridized carbons (Fsp3) is 0.444. The lowest BCUT2D eigenvalue weighted by atomic mass is 9.98. The average molecular weight is 1130 g/mol. The number of ether oxygens (including phenoxy) is 2. The van der Waals surface area contributed by atoms with E-state index in [0.717, 1.165) is 44.0 Å². The van der Waals surface area contributed by atoms with E-state index in [1.54, 1.807) is 33.0 Å². The van der Waals surface area contributed by atoms with Crippen LogP contribution in [0.1, 0.15) is 88.3 Å². The lowest BCUT2D eigenvalue weighted by Crippen LogP contribution is -2.59. The third kappa shape index (κ3) is 17.9. The molecule has 1 aromatic heterocycles. The van der Waals surface area contributed by atoms with Crippen molar-refractivity contribution in [1.29, 1.82) is 0 Å². The summed E-state index contributed by atoms with van der Waals surface area (Å²) in [4.78, 5) is 129. The number of aromatic amines is 1. The van der Waals surface area contributed by atoms with Gasteiger partial charge in [0.2, 0.25) is 35.4 Å². The van der Waals surface area contributed by atoms with Crippen molar-refractivity contribution in [2.45, 2.75) is 114 Å². The minimum atomic E-state index is -1.66. The predicted molar refractivity (Wildman–Crippen MR) is 299 cm³/mol. The molecule has 4 aromatic rings. The van der Waals surface area contributed by atoms with E-state index >= 15 is 0 Å². The van der Waals surface area contributed by atoms with Gasteiger partial charge in [-0.2, -0.15) is 0 Å². The molecule has 13 N–H and O–H groups in total. The second kappa shape index (κ2) is 28.7. The lowest BCUT2D eigenvalue weighted by molar-refractivity contribution is -0.156. The van der Waals surface area contributed by atoms with Gasteiger partial charge in [-0.05, 0) is 86.8 Å². The number of hydrogen-bond donors (Lipinski definition) is 10. The Hall–Kier alpha value is -7.80. The highest BCUT2D eigenvalue weighted by molar-refractivity contribution is 8.76. The highest BCUT2D eigenvalue weighted by Crippen LogP contribution is 2.44. The molecule has 25 heteroatoms. The number of fused-ring (bicyclic) bond motifs is 4. The summed E-state index contributed by atoms with van der Waals surface area (Å²) < 4.78 is 11.2. The van der Waals surface area contributed by atoms with Gasteiger partial charge in [-0.25, -0.2) is 4.79 Å². The van der Waals surface area contributed by atoms with Crippen LogP contribution in [0.25, 0.3) is 22.0 Å². The number of amides is 7. The number of primary amides is 1. The van der Waals surface area contributed by atoms with Crippen LogP contribution in [-0.4, -0.2) is 148 Å². The number of hydrogen-bond acceptors (Lipinski definition) is 14. The minimum Gasteiger partial charge on any atom is -0.481 e. The van der Waals surface area contributed by atoms with Gasteiger partial charge in [-0.1, -0.05) is 88.3 Å². The molecule has 0 saturated carbocycles. The quantitative estimate of drug-likeness (QED) is 0.0128. The molecule has 3 aromatic carbocycles. The van der Waals surface area contributed by atoms with Gasteiger partial charge < -0.3 is 68.2 Å². The van der Waals surface area contributed by atoms with E-state index in [2.05, 4.69) is 36.6 Å². The van der Waals surface area contributed by atoms with Crippen molar-refractivity contribution < 1.29 is 57.7 Å². The van der Waals surface area contributed by atoms with Crippen molar-refractivity contribution in [2.75, 3.05) is 37.7 Å². The van der Waals surface area contributed by atoms with E-state index in [1.165, 1.54) is 15.7 Å². The Morgan fingerprint density at radius 3 is 2.16 bits per heavy atom. The first kappa shape index (κ1) is 60.4. The number of carboxylic acid groups (broad SMARTS) is 1. The molecule has 2 aliphatic rings. The van der Waals surface area contributed by atoms with Gasteiger partial charge in [0.15, 0.2) is 5.96 Å². The molecular weight excluding hydrogens is 1060 g/mol. The first-order valence-electron chi connectivity index (χ1n) is 25.9. The van der Waals surface area contributed by atoms with Crippen molar-refractivity contribution in [3.8, 4) is 11.1 Å². The van der Waals surface area contributed by atoms with Crippen molar-refractivity contribution >= 4 is 91.9 Å². The summed E-state index contributed by atoms with van der Waals surface area (Å²) in [7, 11) is 2.36. The Balaban J connectivity index is 1.16. The smallest absolute Gasteiger partial charge is 0.407 e. The molecule has 7 amide bonds. The third-order valence-corrected chi connectivity index (χ3v) is 15.4. The summed E-state index contributed by atoms with van der Waals surface area (Å²) in [5, 5.41) is 22.7. The number of unbranched alkanes of at least 4 members (excludes halogenated alkanes) is 1. The largest absolute Gasteiger partial charge is 0.481 e. The normalized spacial score (nSPS) is 15.3. The van der Waals surface area contributed by atoms with Crippen LogP contribution in [0.3, 0.4) is 0 Å². The summed E-state index contributed by atoms with van der Waals surface area (Å²) in [6.45, 7) is 4.46. The van der Waals surface area contributed by atoms with Gasteiger partial charge in [-0.15, -0.1) is 0 Å². The highest BCUT2D eigenvalue weighted by atomic mass is 33.1. The number of guanidine groups is 1. The summed E-state index contributed by atoms with van der Waals surface area (Å²) in [5.74, 6) is -6.76. The fourth-order valence-electron chi connectivity index (χ4n) is 9.28. The number of carbonyl (C=O) groups excluding carboxylic acids is 8. The fourth-order valence-corrected chi connectivity index (χ4v) is 11.4. The molecule has 23 nitrogen and oxygen atoms in total. The number of nitrogens with one attached hydrogen (secondary N) is 6. The van der Waals surface area contributed by atoms with E-state index in [-0.39, 0.29) is 68.8 Å². The number of para-hydroxylation sites is 1. The molecule has 1 fully saturated rings. The molecule has 0 bridgehead atoms. The van der Waals surface area contributed by atoms with Crippen LogP contribution in [0.4, 0.5) is 4.79 Å². The number of nitrogens with zero attached hydrogens (tertiary/aromatic N) is 2. The number of rotatable bonds is 28. The molecule has 0 spiro atoms. The van der Waals surface area contributed by atoms with Gasteiger partial charge >= 0.3 is 18.0 Å². The Bertz CT molecular complexity index is 2840. The maximum Gasteiger partial charge on any atom is 0.407 e. The number of H-pyrrole nitrogens is 1. The zero-order valence-corrected chi connectivity index (χ0v) is 45.9. The summed E-state index contributed by atoms with van der Waals surface area (Å²) in [5.41, 5.74) is 21.0. The maximum absolute atomic E-state index is 14.8. The van der Waals surface area contributed by atoms with Crippen molar-refractivity contribution in [3.05, 3.63) is 95.7 Å². The molecule has 424 valence electrons. The van der Waals surface area contributed by atoms with Crippen LogP contribution in [0.2, 0.25) is 0 Å². The Morgan fingerprint density at radius 2 is 1.49 bits per heavy atom. The van der Waals surface area contributed by atoms with Crippen LogP contribution >= 0.6 is 21.6 Å². The first-order valence-corrected chi connectivity index (χ1v) is 28.3. The zero-order valence-electron chi connectivity index (χ0n) is 44.3. The number of aliphatic carboxylic acids is 1. The molecule has 1 aliphatic carbocycles. The van der Waals surface area contributed by atoms with Crippen LogP contribution in [-0.2, 0) is 54.3 Å². The third-order valence-electron chi connectivity index (χ3n) is 12.9. The van der Waals surface area contributed by atoms with Crippen molar-refractivity contribution in [1.82, 2.24) is 36.5 Å². The van der Waals surface area contributed by atoms with Gasteiger partial charge in [0.1, 0.15) is 42.4 Å². The SMILES string of the molecule is CC(C)(C)OC(=O)CC(NC(=O)CNC(=O)C(CCCCN=C(N)N)NC(=O)OCC1c2ccccc2-c2ccccc21)C(=O)NC(Cc1c[nH]c2ccccc12)C(=O)N1CCCC1C(=O)NC(CSSCCC(=O)O)C(N)=O. The monoisotopic (exact) mass is 1130 g/mol. The van der Waals surface area contributed by atoms with Gasteiger partial charge in [-0.3, -0.25) is 43.3 Å². The molecule has 1 saturated heterocycles. The van der Waals surface area contributed by atoms with E-state index in [0.29, 0.717) is 24.8 Å². The van der Waals surface area contributed by atoms with E-state index in [9.17, 15) is 43.2 Å². The van der Waals surface area contributed by atoms with Crippen molar-refractivity contribution in [2.24, 2.45) is 22.2 Å². The summed E-state index contributed by atoms with van der Waals surface area (Å²) in [6.07, 6.45) is 1.39. The molecule has 6 rings (SSSR count). The molecule has 5 atom stereocenters. The average Bonchev–Trinajstić information content (AvgIpc) is 4.14. The Morgan fingerprint density at radius 1 is 0.810 bits per heavy atom. The van der Waals surface area contributed by atoms with Crippen LogP contribution in [0, 0.1) is 0 Å². The number of nitrogens with two attached hydrogens (primary N) is 3. The summed E-state index contributed by atoms with van der Waals surface area (Å²) in [6, 6.07) is 16.4. The van der Waals surface area contributed by atoms with Gasteiger partial charge in [0.25, 0.3) is 0 Å². The topological polar surface area (TPSA) is 362 Å². The zero-order chi connectivity index (χ0) is 57.2. The first-order chi connectivity index (χ1) is 37.7. The second-order valence-corrected chi connectivity index (χ2v) is 22.6. The minimum absolute atomic E-state index is 0.0274. The van der Waals surface area contributed by atoms with E-state index < -0.39 is 102 Å². The Kier molecular flexibility index (Phi) is 22.0. The number of likely N-dealkylation sites (tertiary alicyclic amines) is 1. The second-order valence-electron chi connectivity index (χ2n) is 20.0. The number of carbonyl (C=O) groups is 9. The molecule has 1 aliphatic heterocycles. The van der Waals surface area contributed by atoms with Crippen LogP contribution in [0.15, 0.2) is 84.0 Å². The molecule has 0 radical (unpaired) electrons. The van der Waals surface area contributed by atoms with Crippen LogP contribution < -0.4 is 43.8 Å². The standard InChI is InChI=1S/C54H69N11O12S2/c1-54(2,3)77-46(69)26-40(61-44(66)28-60-48(71)39(19-10-11-22-58-52(56)57)64-53(75)76-29-37-35-16-6-4-14-33(35)34-15-5-7-17-36(34)37)49(72)62-41(25-31-27-59-38-18-9-8-13-32(31)38)51(74)65-23-12-20-43(65)50(73)63-42(47(55)70)30-79-78-24-21-45(67)68/h4-9,13-18,27,37,39-43,59H,10-12,19-26,28-30H2,1-3H3,(H2,55,70)(H,60,71)(H,61,66)(H,62,72)(H,63,73)(H,64,75)(H,67,68)(H4,56,57,58). The number of benzene rings is 3. The number of esters is 1. The van der Waals surface area contributed by atoms with Gasteiger partial charge in [0.05, 0.1) is 19.4 Å². The number of aliphatic imine (C=N–C) groups is 1. The van der Waals surface area contributed by atoms with Crippen LogP contribution in [0.5, 0.6) is 0 Å². The molecule has 2 heterocycles. The molecule has 5 unspecified atom stereocenters. The lowest BCUT2D eigenvalue weighted by Gasteiger charge is -2.30. The van der Waals surface area contributed by atoms with E-state index in [4.69, 9.17) is 31.8 Å². The van der Waals surface area contributed by atoms with Gasteiger partial charge in [0, 0.05) is 54.0 Å². The molecule has 79 heavy (non-hydrogen) atoms. The van der Waals surface area contributed by atoms with Crippen molar-refractivity contribution in [3.63, 3.8) is 0 Å². The number of aromatic nitrogens is 1. The Labute approximate surface area is 464 Å².